The zero-order valence-corrected chi connectivity index (χ0v) is 20.9. The molecule has 1 aromatic heterocycles. The smallest absolute Gasteiger partial charge is 0.465 e. The van der Waals surface area contributed by atoms with Gasteiger partial charge in [0.2, 0.25) is 0 Å². The van der Waals surface area contributed by atoms with Gasteiger partial charge in [-0.2, -0.15) is 8.78 Å². The minimum absolute atomic E-state index is 0.0103. The summed E-state index contributed by atoms with van der Waals surface area (Å²) in [7, 11) is 1.11. The van der Waals surface area contributed by atoms with Gasteiger partial charge >= 0.3 is 18.0 Å². The van der Waals surface area contributed by atoms with Crippen molar-refractivity contribution < 1.29 is 32.6 Å². The molecule has 2 aromatic rings. The van der Waals surface area contributed by atoms with E-state index in [2.05, 4.69) is 34.0 Å². The third-order valence-corrected chi connectivity index (χ3v) is 6.94. The summed E-state index contributed by atoms with van der Waals surface area (Å²) in [6, 6.07) is 7.50. The van der Waals surface area contributed by atoms with Crippen LogP contribution >= 0.6 is 22.9 Å². The Hall–Kier alpha value is -2.43. The molecular weight excluding hydrogens is 490 g/mol. The second kappa shape index (κ2) is 10.5. The summed E-state index contributed by atoms with van der Waals surface area (Å²) in [5.74, 6) is -3.44. The van der Waals surface area contributed by atoms with Gasteiger partial charge in [0.05, 0.1) is 18.6 Å². The Labute approximate surface area is 205 Å². The van der Waals surface area contributed by atoms with Gasteiger partial charge in [-0.15, -0.1) is 11.3 Å². The zero-order valence-electron chi connectivity index (χ0n) is 19.3. The maximum Gasteiger partial charge on any atom is 0.502 e. The molecule has 34 heavy (non-hydrogen) atoms. The number of esters is 2. The molecule has 1 fully saturated rings. The second-order valence-corrected chi connectivity index (χ2v) is 9.86. The molecule has 1 unspecified atom stereocenters. The molecule has 1 aromatic carbocycles. The number of hydrogen-bond donors (Lipinski definition) is 2. The van der Waals surface area contributed by atoms with Crippen molar-refractivity contribution in [2.75, 3.05) is 25.6 Å². The quantitative estimate of drug-likeness (QED) is 0.458. The topological polar surface area (TPSA) is 85.9 Å². The van der Waals surface area contributed by atoms with Crippen LogP contribution in [0.1, 0.15) is 43.3 Å². The molecule has 0 spiro atoms. The molecule has 0 bridgehead atoms. The molecule has 0 aliphatic carbocycles. The molecule has 0 amide bonds. The fourth-order valence-electron chi connectivity index (χ4n) is 3.77. The van der Waals surface area contributed by atoms with Crippen LogP contribution in [0.15, 0.2) is 24.3 Å². The summed E-state index contributed by atoms with van der Waals surface area (Å²) in [6.07, 6.45) is -2.47. The molecule has 1 aliphatic heterocycles. The number of halogens is 3. The first kappa shape index (κ1) is 26.2. The van der Waals surface area contributed by atoms with E-state index in [9.17, 15) is 18.4 Å². The van der Waals surface area contributed by atoms with E-state index in [1.807, 2.05) is 12.1 Å². The predicted octanol–water partition coefficient (Wildman–Crippen LogP) is 5.33. The first-order valence-corrected chi connectivity index (χ1v) is 11.9. The summed E-state index contributed by atoms with van der Waals surface area (Å²) in [5, 5.41) is 6.75. The Morgan fingerprint density at radius 3 is 2.74 bits per heavy atom. The molecular formula is C23H27ClF2N2O5S. The first-order chi connectivity index (χ1) is 16.0. The average molecular weight is 517 g/mol. The van der Waals surface area contributed by atoms with E-state index >= 15 is 0 Å². The van der Waals surface area contributed by atoms with E-state index in [0.29, 0.717) is 10.4 Å². The van der Waals surface area contributed by atoms with Crippen molar-refractivity contribution >= 4 is 40.6 Å². The first-order valence-electron chi connectivity index (χ1n) is 10.7. The van der Waals surface area contributed by atoms with Crippen molar-refractivity contribution in [3.05, 3.63) is 34.2 Å². The summed E-state index contributed by atoms with van der Waals surface area (Å²) < 4.78 is 42.3. The normalized spacial score (nSPS) is 17.7. The highest BCUT2D eigenvalue weighted by atomic mass is 35.5. The fourth-order valence-corrected chi connectivity index (χ4v) is 5.22. The van der Waals surface area contributed by atoms with E-state index in [-0.39, 0.29) is 28.1 Å². The molecule has 0 saturated carbocycles. The van der Waals surface area contributed by atoms with Crippen molar-refractivity contribution in [2.45, 2.75) is 51.3 Å². The maximum absolute atomic E-state index is 14.3. The van der Waals surface area contributed by atoms with Crippen LogP contribution in [0.5, 0.6) is 5.75 Å². The summed E-state index contributed by atoms with van der Waals surface area (Å²) in [6.45, 7) is 6.29. The highest BCUT2D eigenvalue weighted by Crippen LogP contribution is 2.47. The van der Waals surface area contributed by atoms with Crippen LogP contribution < -0.4 is 15.4 Å². The number of alkyl halides is 2. The van der Waals surface area contributed by atoms with Crippen LogP contribution in [-0.4, -0.2) is 49.9 Å². The Bertz CT molecular complexity index is 1060. The van der Waals surface area contributed by atoms with Crippen molar-refractivity contribution in [1.82, 2.24) is 5.32 Å². The highest BCUT2D eigenvalue weighted by Gasteiger charge is 2.46. The van der Waals surface area contributed by atoms with Gasteiger partial charge in [-0.1, -0.05) is 23.7 Å². The molecule has 2 N–H and O–H groups in total. The Morgan fingerprint density at radius 2 is 2.09 bits per heavy atom. The third kappa shape index (κ3) is 5.97. The van der Waals surface area contributed by atoms with Crippen molar-refractivity contribution in [2.24, 2.45) is 0 Å². The van der Waals surface area contributed by atoms with Gasteiger partial charge in [0, 0.05) is 17.3 Å². The van der Waals surface area contributed by atoms with Crippen LogP contribution in [0.2, 0.25) is 5.02 Å². The van der Waals surface area contributed by atoms with E-state index in [1.54, 1.807) is 12.1 Å². The summed E-state index contributed by atoms with van der Waals surface area (Å²) in [5.41, 5.74) is 1.42. The van der Waals surface area contributed by atoms with E-state index in [0.717, 1.165) is 43.5 Å². The Kier molecular flexibility index (Phi) is 8.05. The van der Waals surface area contributed by atoms with E-state index in [1.165, 1.54) is 6.92 Å². The SMILES string of the molecule is CCOC(=O)C(F)(F)Oc1c(C(=O)OC)sc(-c2cccc(NC3CCNC(C)(C)C3)c2)c1Cl. The number of anilines is 1. The average Bonchev–Trinajstić information content (AvgIpc) is 3.08. The fraction of sp³-hybridized carbons (Fsp3) is 0.478. The molecule has 11 heteroatoms. The minimum atomic E-state index is -4.34. The van der Waals surface area contributed by atoms with E-state index in [4.69, 9.17) is 16.3 Å². The summed E-state index contributed by atoms with van der Waals surface area (Å²) >= 11 is 7.24. The number of carbonyl (C=O) groups excluding carboxylic acids is 2. The minimum Gasteiger partial charge on any atom is -0.465 e. The lowest BCUT2D eigenvalue weighted by atomic mass is 9.89. The van der Waals surface area contributed by atoms with Gasteiger partial charge in [-0.05, 0) is 57.9 Å². The van der Waals surface area contributed by atoms with Gasteiger partial charge in [0.25, 0.3) is 0 Å². The van der Waals surface area contributed by atoms with Crippen LogP contribution in [-0.2, 0) is 14.3 Å². The Balaban J connectivity index is 1.93. The van der Waals surface area contributed by atoms with Gasteiger partial charge in [0.15, 0.2) is 10.6 Å². The number of rotatable bonds is 8. The van der Waals surface area contributed by atoms with Crippen LogP contribution in [0.4, 0.5) is 14.5 Å². The summed E-state index contributed by atoms with van der Waals surface area (Å²) in [4.78, 5) is 23.9. The lowest BCUT2D eigenvalue weighted by Crippen LogP contribution is -2.49. The van der Waals surface area contributed by atoms with Gasteiger partial charge in [0.1, 0.15) is 5.02 Å². The van der Waals surface area contributed by atoms with E-state index < -0.39 is 23.8 Å². The molecule has 1 aliphatic rings. The van der Waals surface area contributed by atoms with Crippen molar-refractivity contribution in [3.63, 3.8) is 0 Å². The van der Waals surface area contributed by atoms with Crippen LogP contribution in [0.3, 0.4) is 0 Å². The zero-order chi connectivity index (χ0) is 25.1. The molecule has 7 nitrogen and oxygen atoms in total. The third-order valence-electron chi connectivity index (χ3n) is 5.27. The molecule has 0 radical (unpaired) electrons. The maximum atomic E-state index is 14.3. The molecule has 1 saturated heterocycles. The molecule has 3 rings (SSSR count). The monoisotopic (exact) mass is 516 g/mol. The number of ether oxygens (including phenoxy) is 3. The number of benzene rings is 1. The Morgan fingerprint density at radius 1 is 1.35 bits per heavy atom. The lowest BCUT2D eigenvalue weighted by molar-refractivity contribution is -0.216. The predicted molar refractivity (Wildman–Crippen MR) is 127 cm³/mol. The highest BCUT2D eigenvalue weighted by molar-refractivity contribution is 7.18. The lowest BCUT2D eigenvalue weighted by Gasteiger charge is -2.37. The van der Waals surface area contributed by atoms with Gasteiger partial charge in [-0.3, -0.25) is 0 Å². The number of thiophene rings is 1. The number of piperidine rings is 1. The number of methoxy groups -OCH3 is 1. The van der Waals surface area contributed by atoms with Crippen LogP contribution in [0, 0.1) is 0 Å². The standard InChI is InChI=1S/C23H27ClF2N2O5S/c1-5-32-21(30)23(25,26)33-17-16(24)18(34-19(17)20(29)31-4)13-7-6-8-14(11-13)28-15-9-10-27-22(2,3)12-15/h6-8,11,15,27-28H,5,9-10,12H2,1-4H3. The number of hydrogen-bond acceptors (Lipinski definition) is 8. The molecule has 186 valence electrons. The van der Waals surface area contributed by atoms with Crippen molar-refractivity contribution in [1.29, 1.82) is 0 Å². The number of nitrogens with one attached hydrogen (secondary N) is 2. The molecule has 1 atom stereocenters. The van der Waals surface area contributed by atoms with Crippen molar-refractivity contribution in [3.8, 4) is 16.2 Å². The van der Waals surface area contributed by atoms with Gasteiger partial charge < -0.3 is 24.8 Å². The molecule has 2 heterocycles. The number of carbonyl (C=O) groups is 2. The second-order valence-electron chi connectivity index (χ2n) is 8.46. The van der Waals surface area contributed by atoms with Gasteiger partial charge in [-0.25, -0.2) is 9.59 Å². The largest absolute Gasteiger partial charge is 0.502 e. The van der Waals surface area contributed by atoms with Crippen LogP contribution in [0.25, 0.3) is 10.4 Å².